The monoisotopic (exact) mass is 212 g/mol. The number of aryl methyl sites for hydroxylation is 1. The van der Waals surface area contributed by atoms with Gasteiger partial charge in [-0.1, -0.05) is 0 Å². The third kappa shape index (κ3) is 1.48. The lowest BCUT2D eigenvalue weighted by Gasteiger charge is -2.04. The van der Waals surface area contributed by atoms with Gasteiger partial charge in [0.1, 0.15) is 5.82 Å². The van der Waals surface area contributed by atoms with Crippen molar-refractivity contribution >= 4 is 15.7 Å². The van der Waals surface area contributed by atoms with Crippen molar-refractivity contribution in [3.05, 3.63) is 17.8 Å². The van der Waals surface area contributed by atoms with Crippen LogP contribution < -0.4 is 5.73 Å². The normalized spacial score (nSPS) is 16.9. The molecule has 4 nitrogen and oxygen atoms in total. The highest BCUT2D eigenvalue weighted by atomic mass is 32.2. The van der Waals surface area contributed by atoms with Crippen LogP contribution in [0.5, 0.6) is 0 Å². The second-order valence-electron chi connectivity index (χ2n) is 3.62. The molecule has 1 aromatic heterocycles. The summed E-state index contributed by atoms with van der Waals surface area (Å²) in [5, 5.41) is -0.188. The molecular weight excluding hydrogens is 200 g/mol. The third-order valence-electron chi connectivity index (χ3n) is 2.39. The quantitative estimate of drug-likeness (QED) is 0.790. The molecule has 0 aliphatic heterocycles. The SMILES string of the molecule is Cc1cc(S(=O)(=O)C2CC2)cnc1N. The summed E-state index contributed by atoms with van der Waals surface area (Å²) in [7, 11) is -3.12. The molecule has 1 aliphatic rings. The number of nitrogens with two attached hydrogens (primary N) is 1. The van der Waals surface area contributed by atoms with Crippen LogP contribution in [0.3, 0.4) is 0 Å². The van der Waals surface area contributed by atoms with Gasteiger partial charge in [0, 0.05) is 6.20 Å². The lowest BCUT2D eigenvalue weighted by molar-refractivity contribution is 0.594. The molecule has 0 atom stereocenters. The number of sulfone groups is 1. The topological polar surface area (TPSA) is 73.0 Å². The van der Waals surface area contributed by atoms with Crippen molar-refractivity contribution in [3.8, 4) is 0 Å². The highest BCUT2D eigenvalue weighted by Crippen LogP contribution is 2.33. The number of nitrogen functional groups attached to an aromatic ring is 1. The van der Waals surface area contributed by atoms with E-state index in [0.29, 0.717) is 16.3 Å². The summed E-state index contributed by atoms with van der Waals surface area (Å²) in [5.74, 6) is 0.389. The minimum Gasteiger partial charge on any atom is -0.383 e. The van der Waals surface area contributed by atoms with Crippen molar-refractivity contribution in [3.63, 3.8) is 0 Å². The average molecular weight is 212 g/mol. The first-order valence-electron chi connectivity index (χ1n) is 4.48. The zero-order chi connectivity index (χ0) is 10.3. The summed E-state index contributed by atoms with van der Waals surface area (Å²) in [6.45, 7) is 1.76. The van der Waals surface area contributed by atoms with E-state index in [-0.39, 0.29) is 5.25 Å². The summed E-state index contributed by atoms with van der Waals surface area (Å²) in [5.41, 5.74) is 6.23. The fraction of sp³-hybridized carbons (Fsp3) is 0.444. The van der Waals surface area contributed by atoms with E-state index in [1.54, 1.807) is 13.0 Å². The largest absolute Gasteiger partial charge is 0.383 e. The Kier molecular flexibility index (Phi) is 1.99. The standard InChI is InChI=1S/C9H12N2O2S/c1-6-4-8(5-11-9(6)10)14(12,13)7-2-3-7/h4-5,7H,2-3H2,1H3,(H2,10,11). The highest BCUT2D eigenvalue weighted by Gasteiger charge is 2.37. The maximum atomic E-state index is 11.8. The maximum Gasteiger partial charge on any atom is 0.182 e. The van der Waals surface area contributed by atoms with Gasteiger partial charge < -0.3 is 5.73 Å². The van der Waals surface area contributed by atoms with Crippen molar-refractivity contribution < 1.29 is 8.42 Å². The van der Waals surface area contributed by atoms with Crippen molar-refractivity contribution in [1.82, 2.24) is 4.98 Å². The molecule has 2 rings (SSSR count). The molecule has 0 spiro atoms. The van der Waals surface area contributed by atoms with Crippen LogP contribution in [0.25, 0.3) is 0 Å². The summed E-state index contributed by atoms with van der Waals surface area (Å²) in [6.07, 6.45) is 2.88. The molecule has 0 radical (unpaired) electrons. The fourth-order valence-corrected chi connectivity index (χ4v) is 2.97. The Morgan fingerprint density at radius 3 is 2.64 bits per heavy atom. The van der Waals surface area contributed by atoms with Gasteiger partial charge in [-0.2, -0.15) is 0 Å². The Balaban J connectivity index is 2.46. The van der Waals surface area contributed by atoms with Gasteiger partial charge in [-0.25, -0.2) is 13.4 Å². The Labute approximate surface area is 83.1 Å². The first-order valence-corrected chi connectivity index (χ1v) is 6.02. The van der Waals surface area contributed by atoms with Crippen LogP contribution in [0.4, 0.5) is 5.82 Å². The molecule has 1 saturated carbocycles. The van der Waals surface area contributed by atoms with E-state index < -0.39 is 9.84 Å². The second kappa shape index (κ2) is 2.95. The van der Waals surface area contributed by atoms with Crippen LogP contribution in [-0.2, 0) is 9.84 Å². The zero-order valence-corrected chi connectivity index (χ0v) is 8.71. The number of nitrogens with zero attached hydrogens (tertiary/aromatic N) is 1. The molecule has 2 N–H and O–H groups in total. The molecular formula is C9H12N2O2S. The molecule has 0 unspecified atom stereocenters. The summed E-state index contributed by atoms with van der Waals surface area (Å²) < 4.78 is 23.6. The molecule has 0 saturated heterocycles. The molecule has 0 bridgehead atoms. The molecule has 1 aromatic rings. The van der Waals surface area contributed by atoms with Gasteiger partial charge in [0.15, 0.2) is 9.84 Å². The van der Waals surface area contributed by atoms with Gasteiger partial charge in [0.25, 0.3) is 0 Å². The van der Waals surface area contributed by atoms with Gasteiger partial charge in [0.2, 0.25) is 0 Å². The molecule has 14 heavy (non-hydrogen) atoms. The van der Waals surface area contributed by atoms with Gasteiger partial charge in [-0.3, -0.25) is 0 Å². The molecule has 1 aliphatic carbocycles. The number of hydrogen-bond acceptors (Lipinski definition) is 4. The van der Waals surface area contributed by atoms with Crippen molar-refractivity contribution in [1.29, 1.82) is 0 Å². The molecule has 0 amide bonds. The Bertz CT molecular complexity index is 464. The summed E-state index contributed by atoms with van der Waals surface area (Å²) >= 11 is 0. The van der Waals surface area contributed by atoms with Crippen LogP contribution in [0, 0.1) is 6.92 Å². The van der Waals surface area contributed by atoms with Crippen LogP contribution in [-0.4, -0.2) is 18.7 Å². The van der Waals surface area contributed by atoms with E-state index in [1.807, 2.05) is 0 Å². The third-order valence-corrected chi connectivity index (χ3v) is 4.61. The number of rotatable bonds is 2. The van der Waals surface area contributed by atoms with Crippen LogP contribution in [0.1, 0.15) is 18.4 Å². The van der Waals surface area contributed by atoms with E-state index in [0.717, 1.165) is 12.8 Å². The lowest BCUT2D eigenvalue weighted by atomic mass is 10.3. The maximum absolute atomic E-state index is 11.8. The molecule has 1 heterocycles. The molecule has 0 aromatic carbocycles. The van der Waals surface area contributed by atoms with Crippen LogP contribution in [0.2, 0.25) is 0 Å². The smallest absolute Gasteiger partial charge is 0.182 e. The number of pyridine rings is 1. The number of aromatic nitrogens is 1. The van der Waals surface area contributed by atoms with E-state index in [9.17, 15) is 8.42 Å². The van der Waals surface area contributed by atoms with Gasteiger partial charge in [-0.15, -0.1) is 0 Å². The fourth-order valence-electron chi connectivity index (χ4n) is 1.29. The first kappa shape index (κ1) is 9.45. The first-order chi connectivity index (χ1) is 6.51. The predicted molar refractivity (Wildman–Crippen MR) is 53.6 cm³/mol. The Morgan fingerprint density at radius 1 is 1.50 bits per heavy atom. The van der Waals surface area contributed by atoms with Crippen LogP contribution in [0.15, 0.2) is 17.2 Å². The number of hydrogen-bond donors (Lipinski definition) is 1. The molecule has 1 fully saturated rings. The Hall–Kier alpha value is -1.10. The minimum absolute atomic E-state index is 0.188. The van der Waals surface area contributed by atoms with E-state index in [1.165, 1.54) is 6.20 Å². The van der Waals surface area contributed by atoms with E-state index >= 15 is 0 Å². The van der Waals surface area contributed by atoms with Crippen LogP contribution >= 0.6 is 0 Å². The lowest BCUT2D eigenvalue weighted by Crippen LogP contribution is -2.08. The summed E-state index contributed by atoms with van der Waals surface area (Å²) in [6, 6.07) is 1.59. The van der Waals surface area contributed by atoms with E-state index in [4.69, 9.17) is 5.73 Å². The van der Waals surface area contributed by atoms with Gasteiger partial charge >= 0.3 is 0 Å². The average Bonchev–Trinajstić information content (AvgIpc) is 2.92. The Morgan fingerprint density at radius 2 is 2.14 bits per heavy atom. The minimum atomic E-state index is -3.12. The zero-order valence-electron chi connectivity index (χ0n) is 7.90. The van der Waals surface area contributed by atoms with Crippen molar-refractivity contribution in [2.45, 2.75) is 29.9 Å². The molecule has 76 valence electrons. The van der Waals surface area contributed by atoms with Crippen molar-refractivity contribution in [2.75, 3.05) is 5.73 Å². The predicted octanol–water partition coefficient (Wildman–Crippen LogP) is 0.908. The van der Waals surface area contributed by atoms with E-state index in [2.05, 4.69) is 4.98 Å². The molecule has 5 heteroatoms. The van der Waals surface area contributed by atoms with Gasteiger partial charge in [0.05, 0.1) is 10.1 Å². The summed E-state index contributed by atoms with van der Waals surface area (Å²) in [4.78, 5) is 4.15. The number of anilines is 1. The second-order valence-corrected chi connectivity index (χ2v) is 5.85. The van der Waals surface area contributed by atoms with Gasteiger partial charge in [-0.05, 0) is 31.4 Å². The highest BCUT2D eigenvalue weighted by molar-refractivity contribution is 7.92. The van der Waals surface area contributed by atoms with Crippen molar-refractivity contribution in [2.24, 2.45) is 0 Å².